The summed E-state index contributed by atoms with van der Waals surface area (Å²) in [6.07, 6.45) is -0.248. The molecular weight excluding hydrogens is 478 g/mol. The van der Waals surface area contributed by atoms with E-state index in [9.17, 15) is 19.8 Å². The average molecular weight is 499 g/mol. The molecule has 1 amide bonds. The summed E-state index contributed by atoms with van der Waals surface area (Å²) < 4.78 is 10.8. The standard InChI is InChI=1S/C27H21N3O7/c1-27-16(26(34)37-35-2)9-19(36-27)29-17-5-3-11(31)7-13(17)21-22-15(10-28-25(22)33)20-14-8-12(32)4-6-18(14)30(27)24(20)23(21)29/h3-8,16,19,31-32H,9-10H2,1-2H3,(H,28,33). The molecule has 0 saturated carbocycles. The lowest BCUT2D eigenvalue weighted by molar-refractivity contribution is -0.264. The van der Waals surface area contributed by atoms with Crippen molar-refractivity contribution < 1.29 is 34.3 Å². The number of phenols is 2. The molecule has 5 aromatic rings. The fourth-order valence-electron chi connectivity index (χ4n) is 6.97. The maximum atomic E-state index is 13.3. The molecule has 2 aromatic heterocycles. The second-order valence-electron chi connectivity index (χ2n) is 10.1. The van der Waals surface area contributed by atoms with Crippen LogP contribution < -0.4 is 5.32 Å². The number of carbonyl (C=O) groups excluding carboxylic acids is 2. The number of amides is 1. The molecule has 0 aliphatic carbocycles. The monoisotopic (exact) mass is 499 g/mol. The molecule has 1 saturated heterocycles. The zero-order valence-electron chi connectivity index (χ0n) is 19.9. The van der Waals surface area contributed by atoms with Crippen molar-refractivity contribution in [3.63, 3.8) is 0 Å². The van der Waals surface area contributed by atoms with E-state index in [0.717, 1.165) is 49.2 Å². The Bertz CT molecular complexity index is 1900. The maximum Gasteiger partial charge on any atom is 0.350 e. The first-order valence-electron chi connectivity index (χ1n) is 12.0. The lowest BCUT2D eigenvalue weighted by Gasteiger charge is -2.31. The van der Waals surface area contributed by atoms with E-state index in [1.54, 1.807) is 36.4 Å². The fraction of sp³-hybridized carbons (Fsp3) is 0.259. The van der Waals surface area contributed by atoms with Gasteiger partial charge in [0.25, 0.3) is 5.91 Å². The van der Waals surface area contributed by atoms with Crippen molar-refractivity contribution in [3.05, 3.63) is 47.5 Å². The van der Waals surface area contributed by atoms with Crippen LogP contribution >= 0.6 is 0 Å². The van der Waals surface area contributed by atoms with E-state index < -0.39 is 23.8 Å². The second-order valence-corrected chi connectivity index (χ2v) is 10.1. The van der Waals surface area contributed by atoms with Gasteiger partial charge >= 0.3 is 5.97 Å². The molecule has 3 unspecified atom stereocenters. The van der Waals surface area contributed by atoms with Gasteiger partial charge < -0.3 is 29.4 Å². The van der Waals surface area contributed by atoms with Crippen molar-refractivity contribution in [1.29, 1.82) is 0 Å². The molecule has 0 radical (unpaired) electrons. The molecule has 186 valence electrons. The molecule has 3 atom stereocenters. The van der Waals surface area contributed by atoms with Crippen LogP contribution in [0.15, 0.2) is 36.4 Å². The van der Waals surface area contributed by atoms with Crippen LogP contribution in [0.25, 0.3) is 43.6 Å². The van der Waals surface area contributed by atoms with Gasteiger partial charge in [-0.2, -0.15) is 4.89 Å². The van der Waals surface area contributed by atoms with Gasteiger partial charge in [0.1, 0.15) is 23.6 Å². The van der Waals surface area contributed by atoms with Crippen molar-refractivity contribution >= 4 is 55.5 Å². The van der Waals surface area contributed by atoms with Gasteiger partial charge in [0.05, 0.1) is 34.7 Å². The molecule has 3 N–H and O–H groups in total. The Kier molecular flexibility index (Phi) is 3.68. The summed E-state index contributed by atoms with van der Waals surface area (Å²) in [5.41, 5.74) is 3.31. The number of carbonyl (C=O) groups is 2. The molecule has 3 aliphatic rings. The quantitative estimate of drug-likeness (QED) is 0.249. The van der Waals surface area contributed by atoms with E-state index in [2.05, 4.69) is 5.32 Å². The van der Waals surface area contributed by atoms with Crippen LogP contribution in [0.4, 0.5) is 0 Å². The minimum atomic E-state index is -1.16. The predicted octanol–water partition coefficient (Wildman–Crippen LogP) is 3.88. The Labute approximate surface area is 208 Å². The van der Waals surface area contributed by atoms with Crippen LogP contribution in [0.2, 0.25) is 0 Å². The molecule has 3 aromatic carbocycles. The van der Waals surface area contributed by atoms with Gasteiger partial charge in [0.15, 0.2) is 5.72 Å². The lowest BCUT2D eigenvalue weighted by Crippen LogP contribution is -2.40. The largest absolute Gasteiger partial charge is 0.508 e. The van der Waals surface area contributed by atoms with Crippen molar-refractivity contribution in [2.45, 2.75) is 31.8 Å². The van der Waals surface area contributed by atoms with Crippen LogP contribution in [-0.4, -0.2) is 38.3 Å². The third-order valence-corrected chi connectivity index (χ3v) is 8.31. The Morgan fingerprint density at radius 3 is 2.51 bits per heavy atom. The maximum absolute atomic E-state index is 13.3. The third-order valence-electron chi connectivity index (χ3n) is 8.31. The Morgan fingerprint density at radius 1 is 1.08 bits per heavy atom. The number of nitrogens with one attached hydrogen (secondary N) is 1. The molecule has 5 heterocycles. The summed E-state index contributed by atoms with van der Waals surface area (Å²) >= 11 is 0. The number of phenolic OH excluding ortho intramolecular Hbond substituents is 2. The topological polar surface area (TPSA) is 124 Å². The van der Waals surface area contributed by atoms with Gasteiger partial charge in [-0.1, -0.05) is 0 Å². The van der Waals surface area contributed by atoms with Crippen LogP contribution in [0, 0.1) is 5.92 Å². The minimum Gasteiger partial charge on any atom is -0.508 e. The van der Waals surface area contributed by atoms with Crippen LogP contribution in [0.5, 0.6) is 11.5 Å². The summed E-state index contributed by atoms with van der Waals surface area (Å²) in [5, 5.41) is 26.9. The fourth-order valence-corrected chi connectivity index (χ4v) is 6.97. The zero-order valence-corrected chi connectivity index (χ0v) is 19.9. The number of hydrogen-bond donors (Lipinski definition) is 3. The highest BCUT2D eigenvalue weighted by Crippen LogP contribution is 2.56. The highest BCUT2D eigenvalue weighted by molar-refractivity contribution is 6.31. The molecule has 37 heavy (non-hydrogen) atoms. The summed E-state index contributed by atoms with van der Waals surface area (Å²) in [6.45, 7) is 2.18. The number of benzene rings is 3. The molecular formula is C27H21N3O7. The van der Waals surface area contributed by atoms with Gasteiger partial charge in [-0.15, -0.1) is 0 Å². The smallest absolute Gasteiger partial charge is 0.350 e. The summed E-state index contributed by atoms with van der Waals surface area (Å²) in [6, 6.07) is 10.2. The molecule has 0 spiro atoms. The molecule has 10 nitrogen and oxygen atoms in total. The number of rotatable bonds is 2. The van der Waals surface area contributed by atoms with E-state index in [1.165, 1.54) is 7.11 Å². The van der Waals surface area contributed by atoms with E-state index in [0.29, 0.717) is 18.5 Å². The first-order chi connectivity index (χ1) is 17.8. The summed E-state index contributed by atoms with van der Waals surface area (Å²) in [7, 11) is 1.29. The number of fused-ring (bicyclic) bond motifs is 13. The molecule has 8 rings (SSSR count). The first kappa shape index (κ1) is 20.9. The summed E-state index contributed by atoms with van der Waals surface area (Å²) in [5.74, 6) is -1.28. The van der Waals surface area contributed by atoms with E-state index >= 15 is 0 Å². The van der Waals surface area contributed by atoms with Gasteiger partial charge in [-0.3, -0.25) is 9.68 Å². The van der Waals surface area contributed by atoms with Crippen LogP contribution in [-0.2, 0) is 31.6 Å². The predicted molar refractivity (Wildman–Crippen MR) is 132 cm³/mol. The van der Waals surface area contributed by atoms with Gasteiger partial charge in [0, 0.05) is 34.5 Å². The zero-order chi connectivity index (χ0) is 25.4. The molecule has 3 aliphatic heterocycles. The summed E-state index contributed by atoms with van der Waals surface area (Å²) in [4.78, 5) is 36.2. The normalized spacial score (nSPS) is 23.9. The van der Waals surface area contributed by atoms with Crippen LogP contribution in [0.3, 0.4) is 0 Å². The lowest BCUT2D eigenvalue weighted by atomic mass is 9.93. The molecule has 10 heteroatoms. The first-order valence-corrected chi connectivity index (χ1v) is 12.0. The van der Waals surface area contributed by atoms with Crippen molar-refractivity contribution in [1.82, 2.24) is 14.5 Å². The third kappa shape index (κ3) is 2.29. The Morgan fingerprint density at radius 2 is 1.78 bits per heavy atom. The number of ether oxygens (including phenoxy) is 1. The van der Waals surface area contributed by atoms with Crippen molar-refractivity contribution in [2.24, 2.45) is 5.92 Å². The number of hydrogen-bond acceptors (Lipinski definition) is 7. The van der Waals surface area contributed by atoms with Gasteiger partial charge in [-0.05, 0) is 48.9 Å². The second kappa shape index (κ2) is 6.53. The van der Waals surface area contributed by atoms with Crippen molar-refractivity contribution in [3.8, 4) is 11.5 Å². The van der Waals surface area contributed by atoms with Gasteiger partial charge in [0.2, 0.25) is 0 Å². The average Bonchev–Trinajstić information content (AvgIpc) is 3.56. The Hall–Kier alpha value is -4.28. The van der Waals surface area contributed by atoms with Crippen LogP contribution in [0.1, 0.15) is 35.5 Å². The van der Waals surface area contributed by atoms with E-state index in [-0.39, 0.29) is 17.4 Å². The minimum absolute atomic E-state index is 0.0834. The SMILES string of the molecule is COOC(=O)C1CC2OC1(C)n1c3ccc(O)cc3c3c4c(c5c6cc(O)ccc6n2c5c31)C(=O)NC4. The number of aromatic nitrogens is 2. The van der Waals surface area contributed by atoms with Gasteiger partial charge in [-0.25, -0.2) is 4.79 Å². The molecule has 1 fully saturated rings. The highest BCUT2D eigenvalue weighted by atomic mass is 17.2. The van der Waals surface area contributed by atoms with E-state index in [1.807, 2.05) is 16.1 Å². The number of nitrogens with zero attached hydrogens (tertiary/aromatic N) is 2. The van der Waals surface area contributed by atoms with E-state index in [4.69, 9.17) is 14.5 Å². The molecule has 2 bridgehead atoms. The van der Waals surface area contributed by atoms with Crippen molar-refractivity contribution in [2.75, 3.05) is 7.11 Å². The number of aromatic hydroxyl groups is 2. The highest BCUT2D eigenvalue weighted by Gasteiger charge is 2.56. The Balaban J connectivity index is 1.68.